The molecule has 0 spiro atoms. The van der Waals surface area contributed by atoms with Crippen molar-refractivity contribution in [1.29, 1.82) is 0 Å². The van der Waals surface area contributed by atoms with Gasteiger partial charge in [0.25, 0.3) is 5.91 Å². The molecule has 0 fully saturated rings. The maximum absolute atomic E-state index is 12.4. The summed E-state index contributed by atoms with van der Waals surface area (Å²) in [5.41, 5.74) is 1.66. The van der Waals surface area contributed by atoms with E-state index in [9.17, 15) is 4.79 Å². The van der Waals surface area contributed by atoms with Crippen LogP contribution in [-0.4, -0.2) is 27.1 Å². The standard InChI is InChI=1S/C18H19N5O/c1-3-12(2)20-16-10-9-15(22-23-16)18(24)21-14-8-4-6-13-7-5-11-19-17(13)14/h4-12H,3H2,1-2H3,(H,20,23)(H,21,24). The molecule has 0 radical (unpaired) electrons. The summed E-state index contributed by atoms with van der Waals surface area (Å²) < 4.78 is 0. The van der Waals surface area contributed by atoms with Crippen molar-refractivity contribution in [3.8, 4) is 0 Å². The fourth-order valence-electron chi connectivity index (χ4n) is 2.28. The lowest BCUT2D eigenvalue weighted by Gasteiger charge is -2.11. The van der Waals surface area contributed by atoms with E-state index < -0.39 is 0 Å². The van der Waals surface area contributed by atoms with E-state index in [0.717, 1.165) is 17.3 Å². The number of hydrogen-bond acceptors (Lipinski definition) is 5. The predicted octanol–water partition coefficient (Wildman–Crippen LogP) is 3.49. The molecule has 1 unspecified atom stereocenters. The van der Waals surface area contributed by atoms with Crippen LogP contribution >= 0.6 is 0 Å². The lowest BCUT2D eigenvalue weighted by Crippen LogP contribution is -2.17. The SMILES string of the molecule is CCC(C)Nc1ccc(C(=O)Nc2cccc3cccnc23)nn1. The monoisotopic (exact) mass is 321 g/mol. The van der Waals surface area contributed by atoms with Crippen LogP contribution < -0.4 is 10.6 Å². The Kier molecular flexibility index (Phi) is 4.65. The Morgan fingerprint density at radius 2 is 1.96 bits per heavy atom. The summed E-state index contributed by atoms with van der Waals surface area (Å²) in [6, 6.07) is 13.2. The van der Waals surface area contributed by atoms with Gasteiger partial charge in [-0.1, -0.05) is 25.1 Å². The van der Waals surface area contributed by atoms with E-state index in [4.69, 9.17) is 0 Å². The van der Waals surface area contributed by atoms with Gasteiger partial charge < -0.3 is 10.6 Å². The van der Waals surface area contributed by atoms with Crippen molar-refractivity contribution < 1.29 is 4.79 Å². The van der Waals surface area contributed by atoms with E-state index in [2.05, 4.69) is 39.7 Å². The Morgan fingerprint density at radius 3 is 2.71 bits per heavy atom. The topological polar surface area (TPSA) is 79.8 Å². The molecule has 3 aromatic rings. The molecular formula is C18H19N5O. The zero-order valence-corrected chi connectivity index (χ0v) is 13.7. The molecule has 0 aliphatic heterocycles. The van der Waals surface area contributed by atoms with Crippen LogP contribution in [0.25, 0.3) is 10.9 Å². The van der Waals surface area contributed by atoms with E-state index >= 15 is 0 Å². The van der Waals surface area contributed by atoms with Gasteiger partial charge in [0.05, 0.1) is 11.2 Å². The first-order valence-electron chi connectivity index (χ1n) is 7.92. The summed E-state index contributed by atoms with van der Waals surface area (Å²) in [4.78, 5) is 16.7. The Bertz CT molecular complexity index is 842. The van der Waals surface area contributed by atoms with Gasteiger partial charge in [-0.15, -0.1) is 10.2 Å². The molecule has 3 rings (SSSR count). The van der Waals surface area contributed by atoms with E-state index in [1.54, 1.807) is 18.3 Å². The zero-order valence-electron chi connectivity index (χ0n) is 13.7. The van der Waals surface area contributed by atoms with Crippen LogP contribution in [0.15, 0.2) is 48.7 Å². The molecule has 122 valence electrons. The number of amides is 1. The number of nitrogens with one attached hydrogen (secondary N) is 2. The number of pyridine rings is 1. The molecule has 2 N–H and O–H groups in total. The van der Waals surface area contributed by atoms with Crippen LogP contribution in [0.1, 0.15) is 30.8 Å². The summed E-state index contributed by atoms with van der Waals surface area (Å²) in [5.74, 6) is 0.350. The van der Waals surface area contributed by atoms with Gasteiger partial charge in [0.15, 0.2) is 5.69 Å². The maximum atomic E-state index is 12.4. The second kappa shape index (κ2) is 7.04. The molecule has 1 amide bonds. The molecule has 0 aliphatic rings. The maximum Gasteiger partial charge on any atom is 0.276 e. The highest BCUT2D eigenvalue weighted by molar-refractivity contribution is 6.07. The highest BCUT2D eigenvalue weighted by atomic mass is 16.1. The van der Waals surface area contributed by atoms with Crippen LogP contribution in [0.4, 0.5) is 11.5 Å². The van der Waals surface area contributed by atoms with Crippen molar-refractivity contribution in [2.75, 3.05) is 10.6 Å². The van der Waals surface area contributed by atoms with Crippen molar-refractivity contribution in [2.24, 2.45) is 0 Å². The molecule has 0 bridgehead atoms. The minimum absolute atomic E-state index is 0.262. The highest BCUT2D eigenvalue weighted by Gasteiger charge is 2.11. The fraction of sp³-hybridized carbons (Fsp3) is 0.222. The average Bonchev–Trinajstić information content (AvgIpc) is 2.62. The van der Waals surface area contributed by atoms with Crippen molar-refractivity contribution >= 4 is 28.3 Å². The molecule has 0 aliphatic carbocycles. The number of aromatic nitrogens is 3. The minimum atomic E-state index is -0.309. The third-order valence-corrected chi connectivity index (χ3v) is 3.78. The smallest absolute Gasteiger partial charge is 0.276 e. The van der Waals surface area contributed by atoms with Crippen LogP contribution in [0.5, 0.6) is 0 Å². The third-order valence-electron chi connectivity index (χ3n) is 3.78. The van der Waals surface area contributed by atoms with Crippen molar-refractivity contribution in [3.63, 3.8) is 0 Å². The number of nitrogens with zero attached hydrogens (tertiary/aromatic N) is 3. The minimum Gasteiger partial charge on any atom is -0.366 e. The van der Waals surface area contributed by atoms with Gasteiger partial charge in [0.1, 0.15) is 5.82 Å². The van der Waals surface area contributed by atoms with E-state index in [1.165, 1.54) is 0 Å². The first kappa shape index (κ1) is 15.9. The van der Waals surface area contributed by atoms with Crippen molar-refractivity contribution in [3.05, 3.63) is 54.4 Å². The Balaban J connectivity index is 1.77. The Hall–Kier alpha value is -3.02. The van der Waals surface area contributed by atoms with Crippen molar-refractivity contribution in [2.45, 2.75) is 26.3 Å². The van der Waals surface area contributed by atoms with Gasteiger partial charge in [0, 0.05) is 17.6 Å². The number of benzene rings is 1. The summed E-state index contributed by atoms with van der Waals surface area (Å²) in [6.45, 7) is 4.15. The number of carbonyl (C=O) groups is 1. The zero-order chi connectivity index (χ0) is 16.9. The molecular weight excluding hydrogens is 302 g/mol. The molecule has 0 saturated carbocycles. The summed E-state index contributed by atoms with van der Waals surface area (Å²) >= 11 is 0. The van der Waals surface area contributed by atoms with E-state index in [1.807, 2.05) is 30.3 Å². The average molecular weight is 321 g/mol. The van der Waals surface area contributed by atoms with Gasteiger partial charge in [-0.2, -0.15) is 0 Å². The lowest BCUT2D eigenvalue weighted by molar-refractivity contribution is 0.102. The number of anilines is 2. The summed E-state index contributed by atoms with van der Waals surface area (Å²) in [5, 5.41) is 15.1. The second-order valence-electron chi connectivity index (χ2n) is 5.59. The Morgan fingerprint density at radius 1 is 1.12 bits per heavy atom. The number of rotatable bonds is 5. The lowest BCUT2D eigenvalue weighted by atomic mass is 10.2. The van der Waals surface area contributed by atoms with Gasteiger partial charge in [-0.3, -0.25) is 9.78 Å². The molecule has 0 saturated heterocycles. The van der Waals surface area contributed by atoms with Crippen LogP contribution in [-0.2, 0) is 0 Å². The molecule has 2 heterocycles. The molecule has 1 atom stereocenters. The van der Waals surface area contributed by atoms with Crippen molar-refractivity contribution in [1.82, 2.24) is 15.2 Å². The third kappa shape index (κ3) is 3.48. The first-order chi connectivity index (χ1) is 11.7. The quantitative estimate of drug-likeness (QED) is 0.752. The number of para-hydroxylation sites is 1. The second-order valence-corrected chi connectivity index (χ2v) is 5.59. The normalized spacial score (nSPS) is 11.9. The number of hydrogen-bond donors (Lipinski definition) is 2. The predicted molar refractivity (Wildman–Crippen MR) is 95.1 cm³/mol. The summed E-state index contributed by atoms with van der Waals surface area (Å²) in [7, 11) is 0. The van der Waals surface area contributed by atoms with Gasteiger partial charge in [0.2, 0.25) is 0 Å². The molecule has 1 aromatic carbocycles. The van der Waals surface area contributed by atoms with Gasteiger partial charge in [-0.05, 0) is 37.6 Å². The number of fused-ring (bicyclic) bond motifs is 1. The van der Waals surface area contributed by atoms with E-state index in [-0.39, 0.29) is 11.6 Å². The number of carbonyl (C=O) groups excluding carboxylic acids is 1. The first-order valence-corrected chi connectivity index (χ1v) is 7.92. The van der Waals surface area contributed by atoms with Crippen LogP contribution in [0.2, 0.25) is 0 Å². The highest BCUT2D eigenvalue weighted by Crippen LogP contribution is 2.21. The molecule has 24 heavy (non-hydrogen) atoms. The molecule has 2 aromatic heterocycles. The van der Waals surface area contributed by atoms with E-state index in [0.29, 0.717) is 17.5 Å². The van der Waals surface area contributed by atoms with Gasteiger partial charge >= 0.3 is 0 Å². The molecule has 6 nitrogen and oxygen atoms in total. The largest absolute Gasteiger partial charge is 0.366 e. The van der Waals surface area contributed by atoms with Crippen LogP contribution in [0, 0.1) is 0 Å². The fourth-order valence-corrected chi connectivity index (χ4v) is 2.28. The summed E-state index contributed by atoms with van der Waals surface area (Å²) in [6.07, 6.45) is 2.69. The molecule has 6 heteroatoms. The van der Waals surface area contributed by atoms with Gasteiger partial charge in [-0.25, -0.2) is 0 Å². The Labute approximate surface area is 140 Å². The van der Waals surface area contributed by atoms with Crippen LogP contribution in [0.3, 0.4) is 0 Å².